The summed E-state index contributed by atoms with van der Waals surface area (Å²) in [4.78, 5) is 0.712. The molecule has 0 saturated carbocycles. The first kappa shape index (κ1) is 13.4. The van der Waals surface area contributed by atoms with Crippen LogP contribution in [0, 0.1) is 18.6 Å². The molecule has 104 valence electrons. The molecule has 1 aliphatic rings. The number of aryl methyl sites for hydroxylation is 1. The number of hydrogen-bond donors (Lipinski definition) is 1. The fraction of sp³-hybridized carbons (Fsp3) is 0.250. The summed E-state index contributed by atoms with van der Waals surface area (Å²) >= 11 is 1.55. The average molecular weight is 291 g/mol. The van der Waals surface area contributed by atoms with E-state index in [2.05, 4.69) is 5.32 Å². The first-order valence-electron chi connectivity index (χ1n) is 6.58. The van der Waals surface area contributed by atoms with Gasteiger partial charge in [-0.05, 0) is 48.7 Å². The van der Waals surface area contributed by atoms with Crippen LogP contribution in [0.5, 0.6) is 0 Å². The van der Waals surface area contributed by atoms with Crippen molar-refractivity contribution in [3.8, 4) is 0 Å². The average Bonchev–Trinajstić information content (AvgIpc) is 2.39. The summed E-state index contributed by atoms with van der Waals surface area (Å²) in [6, 6.07) is 10.1. The van der Waals surface area contributed by atoms with Crippen molar-refractivity contribution in [2.45, 2.75) is 24.3 Å². The van der Waals surface area contributed by atoms with E-state index in [1.165, 1.54) is 18.2 Å². The number of hydrogen-bond acceptors (Lipinski definition) is 2. The molecule has 0 saturated heterocycles. The lowest BCUT2D eigenvalue weighted by Crippen LogP contribution is -2.17. The first-order chi connectivity index (χ1) is 9.63. The fourth-order valence-electron chi connectivity index (χ4n) is 2.56. The Kier molecular flexibility index (Phi) is 3.66. The smallest absolute Gasteiger partial charge is 0.137 e. The van der Waals surface area contributed by atoms with Crippen molar-refractivity contribution in [2.75, 3.05) is 11.1 Å². The van der Waals surface area contributed by atoms with Crippen LogP contribution in [0.2, 0.25) is 0 Å². The first-order valence-corrected chi connectivity index (χ1v) is 7.57. The normalized spacial score (nSPS) is 17.6. The Balaban J connectivity index is 1.91. The van der Waals surface area contributed by atoms with E-state index >= 15 is 0 Å². The minimum atomic E-state index is -0.253. The Morgan fingerprint density at radius 3 is 2.85 bits per heavy atom. The molecule has 1 heterocycles. The highest BCUT2D eigenvalue weighted by molar-refractivity contribution is 7.99. The van der Waals surface area contributed by atoms with Gasteiger partial charge in [-0.2, -0.15) is 0 Å². The van der Waals surface area contributed by atoms with Crippen LogP contribution in [0.25, 0.3) is 0 Å². The van der Waals surface area contributed by atoms with Gasteiger partial charge >= 0.3 is 0 Å². The molecule has 1 atom stereocenters. The second kappa shape index (κ2) is 5.44. The molecule has 0 aliphatic carbocycles. The van der Waals surface area contributed by atoms with E-state index in [0.717, 1.165) is 29.0 Å². The highest BCUT2D eigenvalue weighted by Crippen LogP contribution is 2.39. The van der Waals surface area contributed by atoms with Crippen LogP contribution in [-0.2, 0) is 0 Å². The van der Waals surface area contributed by atoms with Gasteiger partial charge in [0.1, 0.15) is 11.6 Å². The van der Waals surface area contributed by atoms with E-state index in [9.17, 15) is 8.78 Å². The highest BCUT2D eigenvalue weighted by Gasteiger charge is 2.23. The summed E-state index contributed by atoms with van der Waals surface area (Å²) in [5, 5.41) is 3.33. The summed E-state index contributed by atoms with van der Waals surface area (Å²) in [6.07, 6.45) is 0.899. The third-order valence-electron chi connectivity index (χ3n) is 3.41. The Bertz CT molecular complexity index is 622. The second-order valence-corrected chi connectivity index (χ2v) is 6.11. The van der Waals surface area contributed by atoms with E-state index in [4.69, 9.17) is 0 Å². The van der Waals surface area contributed by atoms with E-state index in [-0.39, 0.29) is 17.7 Å². The van der Waals surface area contributed by atoms with Crippen molar-refractivity contribution >= 4 is 17.4 Å². The third-order valence-corrected chi connectivity index (χ3v) is 4.57. The Hall–Kier alpha value is -1.55. The van der Waals surface area contributed by atoms with Gasteiger partial charge in [0.05, 0.1) is 6.04 Å². The molecule has 1 nitrogen and oxygen atoms in total. The number of benzene rings is 2. The standard InChI is InChI=1S/C16H15F2NS/c1-10-7-11(17)9-12(8-10)19-15-5-6-20-16-13(15)3-2-4-14(16)18/h2-4,7-9,15,19H,5-6H2,1H3. The topological polar surface area (TPSA) is 12.0 Å². The molecule has 0 radical (unpaired) electrons. The van der Waals surface area contributed by atoms with Gasteiger partial charge in [0.15, 0.2) is 0 Å². The number of rotatable bonds is 2. The quantitative estimate of drug-likeness (QED) is 0.842. The number of halogens is 2. The predicted molar refractivity (Wildman–Crippen MR) is 79.2 cm³/mol. The fourth-order valence-corrected chi connectivity index (χ4v) is 3.70. The van der Waals surface area contributed by atoms with E-state index < -0.39 is 0 Å². The monoisotopic (exact) mass is 291 g/mol. The molecule has 2 aromatic carbocycles. The van der Waals surface area contributed by atoms with Crippen molar-refractivity contribution in [3.05, 3.63) is 59.2 Å². The summed E-state index contributed by atoms with van der Waals surface area (Å²) < 4.78 is 27.2. The number of nitrogens with one attached hydrogen (secondary N) is 1. The Labute approximate surface area is 121 Å². The van der Waals surface area contributed by atoms with Crippen LogP contribution in [0.15, 0.2) is 41.3 Å². The maximum Gasteiger partial charge on any atom is 0.137 e. The van der Waals surface area contributed by atoms with Crippen LogP contribution in [-0.4, -0.2) is 5.75 Å². The molecule has 0 amide bonds. The summed E-state index contributed by atoms with van der Waals surface area (Å²) in [5.41, 5.74) is 2.58. The molecule has 0 bridgehead atoms. The van der Waals surface area contributed by atoms with Crippen molar-refractivity contribution in [2.24, 2.45) is 0 Å². The number of fused-ring (bicyclic) bond motifs is 1. The highest BCUT2D eigenvalue weighted by atomic mass is 32.2. The lowest BCUT2D eigenvalue weighted by Gasteiger charge is -2.27. The van der Waals surface area contributed by atoms with Crippen LogP contribution >= 0.6 is 11.8 Å². The molecule has 1 N–H and O–H groups in total. The molecular formula is C16H15F2NS. The van der Waals surface area contributed by atoms with Gasteiger partial charge in [0.25, 0.3) is 0 Å². The molecule has 3 rings (SSSR count). The van der Waals surface area contributed by atoms with Crippen LogP contribution in [0.4, 0.5) is 14.5 Å². The molecule has 1 unspecified atom stereocenters. The van der Waals surface area contributed by atoms with Crippen LogP contribution in [0.3, 0.4) is 0 Å². The summed E-state index contributed by atoms with van der Waals surface area (Å²) in [6.45, 7) is 1.86. The van der Waals surface area contributed by atoms with Crippen molar-refractivity contribution in [1.82, 2.24) is 0 Å². The van der Waals surface area contributed by atoms with Gasteiger partial charge in [-0.1, -0.05) is 12.1 Å². The maximum absolute atomic E-state index is 13.8. The molecule has 20 heavy (non-hydrogen) atoms. The van der Waals surface area contributed by atoms with Crippen LogP contribution < -0.4 is 5.32 Å². The van der Waals surface area contributed by atoms with Crippen molar-refractivity contribution in [1.29, 1.82) is 0 Å². The number of anilines is 1. The minimum absolute atomic E-state index is 0.0307. The molecule has 0 aromatic heterocycles. The van der Waals surface area contributed by atoms with Gasteiger partial charge in [0, 0.05) is 16.3 Å². The SMILES string of the molecule is Cc1cc(F)cc(NC2CCSc3c(F)cccc32)c1. The van der Waals surface area contributed by atoms with E-state index in [1.54, 1.807) is 17.8 Å². The molecule has 2 aromatic rings. The lowest BCUT2D eigenvalue weighted by molar-refractivity contribution is 0.584. The van der Waals surface area contributed by atoms with Gasteiger partial charge in [0.2, 0.25) is 0 Å². The predicted octanol–water partition coefficient (Wildman–Crippen LogP) is 4.92. The zero-order chi connectivity index (χ0) is 14.1. The van der Waals surface area contributed by atoms with E-state index in [0.29, 0.717) is 4.90 Å². The largest absolute Gasteiger partial charge is 0.378 e. The minimum Gasteiger partial charge on any atom is -0.378 e. The Morgan fingerprint density at radius 2 is 2.05 bits per heavy atom. The lowest BCUT2D eigenvalue weighted by atomic mass is 10.0. The van der Waals surface area contributed by atoms with Crippen molar-refractivity contribution < 1.29 is 8.78 Å². The summed E-state index contributed by atoms with van der Waals surface area (Å²) in [5.74, 6) is 0.437. The summed E-state index contributed by atoms with van der Waals surface area (Å²) in [7, 11) is 0. The van der Waals surface area contributed by atoms with Crippen LogP contribution in [0.1, 0.15) is 23.6 Å². The van der Waals surface area contributed by atoms with Crippen molar-refractivity contribution in [3.63, 3.8) is 0 Å². The Morgan fingerprint density at radius 1 is 1.20 bits per heavy atom. The maximum atomic E-state index is 13.8. The third kappa shape index (κ3) is 2.66. The molecule has 1 aliphatic heterocycles. The van der Waals surface area contributed by atoms with Gasteiger partial charge in [-0.25, -0.2) is 8.78 Å². The molecule has 0 fully saturated rings. The molecule has 0 spiro atoms. The zero-order valence-corrected chi connectivity index (χ0v) is 11.9. The van der Waals surface area contributed by atoms with Gasteiger partial charge < -0.3 is 5.32 Å². The zero-order valence-electron chi connectivity index (χ0n) is 11.1. The molecule has 4 heteroatoms. The second-order valence-electron chi connectivity index (χ2n) is 5.01. The van der Waals surface area contributed by atoms with Gasteiger partial charge in [-0.15, -0.1) is 11.8 Å². The molecular weight excluding hydrogens is 276 g/mol. The van der Waals surface area contributed by atoms with Gasteiger partial charge in [-0.3, -0.25) is 0 Å². The van der Waals surface area contributed by atoms with E-state index in [1.807, 2.05) is 19.1 Å². The number of thioether (sulfide) groups is 1.